The molecule has 0 spiro atoms. The van der Waals surface area contributed by atoms with Crippen LogP contribution in [0.2, 0.25) is 0 Å². The fourth-order valence-electron chi connectivity index (χ4n) is 3.44. The van der Waals surface area contributed by atoms with Crippen molar-refractivity contribution in [2.45, 2.75) is 24.9 Å². The van der Waals surface area contributed by atoms with E-state index in [4.69, 9.17) is 19.5 Å². The summed E-state index contributed by atoms with van der Waals surface area (Å²) in [7, 11) is 0. The minimum Gasteiger partial charge on any atom is -0.489 e. The van der Waals surface area contributed by atoms with Gasteiger partial charge in [0, 0.05) is 5.69 Å². The van der Waals surface area contributed by atoms with Crippen molar-refractivity contribution >= 4 is 11.7 Å². The van der Waals surface area contributed by atoms with Gasteiger partial charge in [-0.3, -0.25) is 0 Å². The molecular formula is C21H21N3O4. The number of rotatable bonds is 5. The summed E-state index contributed by atoms with van der Waals surface area (Å²) < 4.78 is 17.0. The van der Waals surface area contributed by atoms with Crippen molar-refractivity contribution < 1.29 is 19.0 Å². The van der Waals surface area contributed by atoms with Gasteiger partial charge in [0.2, 0.25) is 0 Å². The molecule has 2 saturated heterocycles. The lowest BCUT2D eigenvalue weighted by molar-refractivity contribution is 0.0665. The van der Waals surface area contributed by atoms with Crippen molar-refractivity contribution in [2.24, 2.45) is 5.92 Å². The topological polar surface area (TPSA) is 92.6 Å². The molecule has 2 aromatic rings. The van der Waals surface area contributed by atoms with Crippen LogP contribution in [0.25, 0.3) is 0 Å². The number of nitrogens with zero attached hydrogens (tertiary/aromatic N) is 1. The highest BCUT2D eigenvalue weighted by molar-refractivity contribution is 5.89. The average molecular weight is 379 g/mol. The predicted octanol–water partition coefficient (Wildman–Crippen LogP) is 2.69. The van der Waals surface area contributed by atoms with Gasteiger partial charge in [0.25, 0.3) is 0 Å². The van der Waals surface area contributed by atoms with Crippen molar-refractivity contribution in [2.75, 3.05) is 18.5 Å². The number of nitriles is 1. The van der Waals surface area contributed by atoms with Gasteiger partial charge >= 0.3 is 6.03 Å². The third-order valence-corrected chi connectivity index (χ3v) is 4.90. The summed E-state index contributed by atoms with van der Waals surface area (Å²) in [5, 5.41) is 14.7. The second kappa shape index (κ2) is 8.30. The molecule has 0 unspecified atom stereocenters. The number of urea groups is 1. The molecule has 2 N–H and O–H groups in total. The second-order valence-electron chi connectivity index (χ2n) is 6.84. The zero-order chi connectivity index (χ0) is 19.3. The van der Waals surface area contributed by atoms with Gasteiger partial charge < -0.3 is 24.8 Å². The van der Waals surface area contributed by atoms with Crippen LogP contribution < -0.4 is 15.4 Å². The van der Waals surface area contributed by atoms with Crippen LogP contribution in [-0.4, -0.2) is 37.5 Å². The van der Waals surface area contributed by atoms with E-state index in [2.05, 4.69) is 16.7 Å². The van der Waals surface area contributed by atoms with Crippen LogP contribution in [0.4, 0.5) is 10.5 Å². The third kappa shape index (κ3) is 4.09. The molecule has 0 aliphatic carbocycles. The quantitative estimate of drug-likeness (QED) is 0.833. The molecule has 7 nitrogen and oxygen atoms in total. The Balaban J connectivity index is 1.26. The Hall–Kier alpha value is -3.08. The molecule has 4 atom stereocenters. The summed E-state index contributed by atoms with van der Waals surface area (Å²) in [6, 6.07) is 18.7. The van der Waals surface area contributed by atoms with Crippen LogP contribution in [0.15, 0.2) is 54.6 Å². The molecular weight excluding hydrogens is 358 g/mol. The number of hydrogen-bond donors (Lipinski definition) is 2. The van der Waals surface area contributed by atoms with Gasteiger partial charge in [-0.15, -0.1) is 0 Å². The summed E-state index contributed by atoms with van der Waals surface area (Å²) in [5.74, 6) is 0.451. The maximum atomic E-state index is 12.3. The Morgan fingerprint density at radius 2 is 1.82 bits per heavy atom. The highest BCUT2D eigenvalue weighted by Gasteiger charge is 2.48. The van der Waals surface area contributed by atoms with Crippen molar-refractivity contribution in [1.82, 2.24) is 5.32 Å². The van der Waals surface area contributed by atoms with Crippen LogP contribution in [0.1, 0.15) is 5.56 Å². The minimum atomic E-state index is -0.337. The first kappa shape index (κ1) is 18.3. The van der Waals surface area contributed by atoms with Crippen LogP contribution in [0.3, 0.4) is 0 Å². The lowest BCUT2D eigenvalue weighted by Crippen LogP contribution is -2.45. The largest absolute Gasteiger partial charge is 0.489 e. The van der Waals surface area contributed by atoms with Gasteiger partial charge in [0.1, 0.15) is 24.6 Å². The highest BCUT2D eigenvalue weighted by Crippen LogP contribution is 2.30. The molecule has 2 amide bonds. The molecule has 144 valence electrons. The molecule has 0 aromatic heterocycles. The number of ether oxygens (including phenoxy) is 3. The van der Waals surface area contributed by atoms with E-state index in [0.29, 0.717) is 25.5 Å². The van der Waals surface area contributed by atoms with E-state index in [1.54, 1.807) is 12.1 Å². The van der Waals surface area contributed by atoms with E-state index < -0.39 is 0 Å². The first-order valence-electron chi connectivity index (χ1n) is 9.20. The van der Waals surface area contributed by atoms with Crippen LogP contribution in [-0.2, 0) is 16.1 Å². The molecule has 7 heteroatoms. The molecule has 28 heavy (non-hydrogen) atoms. The molecule has 0 radical (unpaired) electrons. The summed E-state index contributed by atoms with van der Waals surface area (Å²) >= 11 is 0. The van der Waals surface area contributed by atoms with E-state index >= 15 is 0 Å². The average Bonchev–Trinajstić information content (AvgIpc) is 3.31. The van der Waals surface area contributed by atoms with E-state index in [0.717, 1.165) is 11.3 Å². The summed E-state index contributed by atoms with van der Waals surface area (Å²) in [4.78, 5) is 12.3. The first-order valence-corrected chi connectivity index (χ1v) is 9.20. The number of fused-ring (bicyclic) bond motifs is 1. The summed E-state index contributed by atoms with van der Waals surface area (Å²) in [5.41, 5.74) is 1.75. The van der Waals surface area contributed by atoms with Gasteiger partial charge in [-0.1, -0.05) is 30.3 Å². The van der Waals surface area contributed by atoms with Gasteiger partial charge in [-0.25, -0.2) is 4.79 Å². The lowest BCUT2D eigenvalue weighted by atomic mass is 10.0. The fourth-order valence-corrected chi connectivity index (χ4v) is 3.44. The van der Waals surface area contributed by atoms with E-state index in [-0.39, 0.29) is 30.2 Å². The maximum Gasteiger partial charge on any atom is 0.319 e. The van der Waals surface area contributed by atoms with Gasteiger partial charge in [-0.05, 0) is 29.8 Å². The number of benzene rings is 2. The van der Waals surface area contributed by atoms with E-state index in [1.165, 1.54) is 0 Å². The van der Waals surface area contributed by atoms with Crippen molar-refractivity contribution in [3.8, 4) is 11.8 Å². The Labute approximate surface area is 163 Å². The summed E-state index contributed by atoms with van der Waals surface area (Å²) in [6.45, 7) is 1.17. The lowest BCUT2D eigenvalue weighted by Gasteiger charge is -2.18. The zero-order valence-electron chi connectivity index (χ0n) is 15.2. The Morgan fingerprint density at radius 3 is 2.57 bits per heavy atom. The van der Waals surface area contributed by atoms with E-state index in [9.17, 15) is 4.79 Å². The predicted molar refractivity (Wildman–Crippen MR) is 102 cm³/mol. The number of nitrogens with one attached hydrogen (secondary N) is 2. The van der Waals surface area contributed by atoms with Gasteiger partial charge in [0.05, 0.1) is 31.2 Å². The first-order chi connectivity index (χ1) is 13.7. The van der Waals surface area contributed by atoms with Gasteiger partial charge in [-0.2, -0.15) is 5.26 Å². The molecule has 2 aromatic carbocycles. The van der Waals surface area contributed by atoms with Gasteiger partial charge in [0.15, 0.2) is 0 Å². The van der Waals surface area contributed by atoms with Crippen molar-refractivity contribution in [3.05, 3.63) is 60.2 Å². The smallest absolute Gasteiger partial charge is 0.319 e. The van der Waals surface area contributed by atoms with Crippen LogP contribution >= 0.6 is 0 Å². The van der Waals surface area contributed by atoms with Crippen molar-refractivity contribution in [3.63, 3.8) is 0 Å². The molecule has 2 heterocycles. The Morgan fingerprint density at radius 1 is 1.07 bits per heavy atom. The zero-order valence-corrected chi connectivity index (χ0v) is 15.2. The Kier molecular flexibility index (Phi) is 5.42. The number of carbonyl (C=O) groups is 1. The van der Waals surface area contributed by atoms with E-state index in [1.807, 2.05) is 42.5 Å². The molecule has 0 saturated carbocycles. The second-order valence-corrected chi connectivity index (χ2v) is 6.84. The Bertz CT molecular complexity index is 850. The fraction of sp³-hybridized carbons (Fsp3) is 0.333. The highest BCUT2D eigenvalue weighted by atomic mass is 16.6. The normalized spacial score (nSPS) is 25.5. The molecule has 2 aliphatic heterocycles. The number of anilines is 1. The molecule has 0 bridgehead atoms. The number of amides is 2. The SMILES string of the molecule is N#C[C@H]1CO[C@H]2[C@@H]1OC[C@@H]2NC(=O)Nc1ccc(OCc2ccccc2)cc1. The maximum absolute atomic E-state index is 12.3. The molecule has 2 fully saturated rings. The minimum absolute atomic E-state index is 0.267. The molecule has 4 rings (SSSR count). The standard InChI is InChI=1S/C21H21N3O4/c22-10-15-12-27-20-18(13-28-19(15)20)24-21(25)23-16-6-8-17(9-7-16)26-11-14-4-2-1-3-5-14/h1-9,15,18-20H,11-13H2,(H2,23,24,25)/t15-,18-,19+,20+/m0/s1. The third-order valence-electron chi connectivity index (χ3n) is 4.90. The number of carbonyl (C=O) groups excluding carboxylic acids is 1. The van der Waals surface area contributed by atoms with Crippen LogP contribution in [0.5, 0.6) is 5.75 Å². The van der Waals surface area contributed by atoms with Crippen LogP contribution in [0, 0.1) is 17.2 Å². The monoisotopic (exact) mass is 379 g/mol. The molecule has 2 aliphatic rings. The summed E-state index contributed by atoms with van der Waals surface area (Å²) in [6.07, 6.45) is -0.541. The van der Waals surface area contributed by atoms with Crippen molar-refractivity contribution in [1.29, 1.82) is 5.26 Å². The number of hydrogen-bond acceptors (Lipinski definition) is 5.